The number of nitrogens with one attached hydrogen (secondary N) is 1. The van der Waals surface area contributed by atoms with Gasteiger partial charge in [0, 0.05) is 5.69 Å². The van der Waals surface area contributed by atoms with E-state index >= 15 is 0 Å². The van der Waals surface area contributed by atoms with Crippen LogP contribution < -0.4 is 11.1 Å². The second kappa shape index (κ2) is 4.35. The quantitative estimate of drug-likeness (QED) is 0.282. The van der Waals surface area contributed by atoms with Gasteiger partial charge in [-0.25, -0.2) is 0 Å². The molecule has 4 heteroatoms. The van der Waals surface area contributed by atoms with E-state index in [1.165, 1.54) is 0 Å². The topological polar surface area (TPSA) is 70.6 Å². The molecule has 1 aromatic carbocycles. The van der Waals surface area contributed by atoms with Gasteiger partial charge in [-0.3, -0.25) is 0 Å². The summed E-state index contributed by atoms with van der Waals surface area (Å²) in [7, 11) is 0. The molecule has 0 unspecified atom stereocenters. The van der Waals surface area contributed by atoms with Gasteiger partial charge in [-0.2, -0.15) is 0 Å². The second-order valence-corrected chi connectivity index (χ2v) is 2.76. The Morgan fingerprint density at radius 1 is 1.54 bits per heavy atom. The van der Waals surface area contributed by atoms with Gasteiger partial charge in [0.25, 0.3) is 0 Å². The van der Waals surface area contributed by atoms with Gasteiger partial charge >= 0.3 is 0 Å². The molecule has 0 heterocycles. The Morgan fingerprint density at radius 2 is 2.23 bits per heavy atom. The maximum absolute atomic E-state index is 8.31. The van der Waals surface area contributed by atoms with E-state index in [0.29, 0.717) is 6.54 Å². The number of amidine groups is 1. The highest BCUT2D eigenvalue weighted by Crippen LogP contribution is 2.11. The van der Waals surface area contributed by atoms with Crippen molar-refractivity contribution in [2.75, 3.05) is 11.9 Å². The van der Waals surface area contributed by atoms with Crippen LogP contribution in [0.3, 0.4) is 0 Å². The van der Waals surface area contributed by atoms with Crippen LogP contribution in [0.1, 0.15) is 5.56 Å². The summed E-state index contributed by atoms with van der Waals surface area (Å²) in [5.41, 5.74) is 7.44. The molecule has 0 aliphatic rings. The van der Waals surface area contributed by atoms with Crippen LogP contribution >= 0.6 is 0 Å². The molecule has 0 bridgehead atoms. The minimum atomic E-state index is 0.170. The zero-order chi connectivity index (χ0) is 9.68. The fourth-order valence-electron chi connectivity index (χ4n) is 0.992. The van der Waals surface area contributed by atoms with E-state index in [4.69, 9.17) is 10.9 Å². The van der Waals surface area contributed by atoms with Crippen LogP contribution in [0.5, 0.6) is 0 Å². The molecule has 1 rings (SSSR count). The van der Waals surface area contributed by atoms with E-state index in [2.05, 4.69) is 10.5 Å². The van der Waals surface area contributed by atoms with Gasteiger partial charge in [-0.05, 0) is 18.6 Å². The fraction of sp³-hybridized carbons (Fsp3) is 0.222. The Bertz CT molecular complexity index is 309. The summed E-state index contributed by atoms with van der Waals surface area (Å²) in [5.74, 6) is 0.170. The first-order chi connectivity index (χ1) is 6.24. The Kier molecular flexibility index (Phi) is 3.14. The SMILES string of the molecule is Cc1ccccc1NCC(N)=NO. The Balaban J connectivity index is 2.60. The number of benzene rings is 1. The van der Waals surface area contributed by atoms with Crippen molar-refractivity contribution in [3.8, 4) is 0 Å². The van der Waals surface area contributed by atoms with Crippen LogP contribution in [0.4, 0.5) is 5.69 Å². The number of nitrogens with two attached hydrogens (primary N) is 1. The molecule has 4 N–H and O–H groups in total. The van der Waals surface area contributed by atoms with Crippen molar-refractivity contribution in [3.05, 3.63) is 29.8 Å². The normalized spacial score (nSPS) is 11.3. The fourth-order valence-corrected chi connectivity index (χ4v) is 0.992. The standard InChI is InChI=1S/C9H13N3O/c1-7-4-2-3-5-8(7)11-6-9(10)12-13/h2-5,11,13H,6H2,1H3,(H2,10,12). The van der Waals surface area contributed by atoms with Crippen LogP contribution in [-0.4, -0.2) is 17.6 Å². The molecule has 0 saturated carbocycles. The molecule has 0 spiro atoms. The van der Waals surface area contributed by atoms with Crippen molar-refractivity contribution in [2.24, 2.45) is 10.9 Å². The number of hydrogen-bond donors (Lipinski definition) is 3. The van der Waals surface area contributed by atoms with Crippen molar-refractivity contribution < 1.29 is 5.21 Å². The Labute approximate surface area is 77.1 Å². The molecular weight excluding hydrogens is 166 g/mol. The maximum atomic E-state index is 8.31. The molecule has 0 saturated heterocycles. The third-order valence-electron chi connectivity index (χ3n) is 1.73. The Morgan fingerprint density at radius 3 is 2.85 bits per heavy atom. The minimum Gasteiger partial charge on any atom is -0.409 e. The van der Waals surface area contributed by atoms with E-state index in [1.807, 2.05) is 31.2 Å². The minimum absolute atomic E-state index is 0.170. The average Bonchev–Trinajstić information content (AvgIpc) is 2.16. The lowest BCUT2D eigenvalue weighted by molar-refractivity contribution is 0.317. The summed E-state index contributed by atoms with van der Waals surface area (Å²) in [5, 5.41) is 14.2. The summed E-state index contributed by atoms with van der Waals surface area (Å²) >= 11 is 0. The summed E-state index contributed by atoms with van der Waals surface area (Å²) in [6, 6.07) is 7.83. The molecule has 0 aromatic heterocycles. The summed E-state index contributed by atoms with van der Waals surface area (Å²) in [4.78, 5) is 0. The van der Waals surface area contributed by atoms with Gasteiger partial charge in [0.15, 0.2) is 5.84 Å². The molecule has 13 heavy (non-hydrogen) atoms. The number of anilines is 1. The molecular formula is C9H13N3O. The molecule has 0 fully saturated rings. The molecule has 70 valence electrons. The first-order valence-corrected chi connectivity index (χ1v) is 4.00. The van der Waals surface area contributed by atoms with Gasteiger partial charge in [0.2, 0.25) is 0 Å². The molecule has 1 aromatic rings. The largest absolute Gasteiger partial charge is 0.409 e. The number of hydrogen-bond acceptors (Lipinski definition) is 3. The zero-order valence-corrected chi connectivity index (χ0v) is 7.49. The predicted octanol–water partition coefficient (Wildman–Crippen LogP) is 1.15. The van der Waals surface area contributed by atoms with E-state index < -0.39 is 0 Å². The molecule has 0 atom stereocenters. The monoisotopic (exact) mass is 179 g/mol. The van der Waals surface area contributed by atoms with Crippen LogP contribution in [-0.2, 0) is 0 Å². The first kappa shape index (κ1) is 9.38. The van der Waals surface area contributed by atoms with Gasteiger partial charge in [0.05, 0.1) is 6.54 Å². The summed E-state index contributed by atoms with van der Waals surface area (Å²) in [6.07, 6.45) is 0. The van der Waals surface area contributed by atoms with E-state index in [1.54, 1.807) is 0 Å². The van der Waals surface area contributed by atoms with Crippen LogP contribution in [0.2, 0.25) is 0 Å². The van der Waals surface area contributed by atoms with Gasteiger partial charge in [-0.15, -0.1) is 0 Å². The van der Waals surface area contributed by atoms with Crippen molar-refractivity contribution in [2.45, 2.75) is 6.92 Å². The number of para-hydroxylation sites is 1. The van der Waals surface area contributed by atoms with E-state index in [-0.39, 0.29) is 5.84 Å². The number of rotatable bonds is 3. The number of aryl methyl sites for hydroxylation is 1. The first-order valence-electron chi connectivity index (χ1n) is 4.00. The lowest BCUT2D eigenvalue weighted by atomic mass is 10.2. The summed E-state index contributed by atoms with van der Waals surface area (Å²) in [6.45, 7) is 2.34. The van der Waals surface area contributed by atoms with Crippen molar-refractivity contribution in [1.82, 2.24) is 0 Å². The van der Waals surface area contributed by atoms with Crippen LogP contribution in [0.25, 0.3) is 0 Å². The Hall–Kier alpha value is -1.71. The second-order valence-electron chi connectivity index (χ2n) is 2.76. The highest BCUT2D eigenvalue weighted by atomic mass is 16.4. The van der Waals surface area contributed by atoms with Crippen molar-refractivity contribution in [3.63, 3.8) is 0 Å². The number of oxime groups is 1. The average molecular weight is 179 g/mol. The van der Waals surface area contributed by atoms with Gasteiger partial charge < -0.3 is 16.3 Å². The highest BCUT2D eigenvalue weighted by molar-refractivity contribution is 5.84. The molecule has 0 amide bonds. The van der Waals surface area contributed by atoms with E-state index in [0.717, 1.165) is 11.3 Å². The smallest absolute Gasteiger partial charge is 0.158 e. The highest BCUT2D eigenvalue weighted by Gasteiger charge is 1.96. The molecule has 0 aliphatic carbocycles. The van der Waals surface area contributed by atoms with Crippen LogP contribution in [0.15, 0.2) is 29.4 Å². The molecule has 4 nitrogen and oxygen atoms in total. The zero-order valence-electron chi connectivity index (χ0n) is 7.49. The maximum Gasteiger partial charge on any atom is 0.158 e. The molecule has 0 radical (unpaired) electrons. The summed E-state index contributed by atoms with van der Waals surface area (Å²) < 4.78 is 0. The van der Waals surface area contributed by atoms with Crippen LogP contribution in [0, 0.1) is 6.92 Å². The lowest BCUT2D eigenvalue weighted by Crippen LogP contribution is -2.22. The molecule has 0 aliphatic heterocycles. The third-order valence-corrected chi connectivity index (χ3v) is 1.73. The predicted molar refractivity (Wildman–Crippen MR) is 53.1 cm³/mol. The third kappa shape index (κ3) is 2.66. The van der Waals surface area contributed by atoms with Crippen molar-refractivity contribution >= 4 is 11.5 Å². The van der Waals surface area contributed by atoms with Crippen molar-refractivity contribution in [1.29, 1.82) is 0 Å². The van der Waals surface area contributed by atoms with E-state index in [9.17, 15) is 0 Å². The lowest BCUT2D eigenvalue weighted by Gasteiger charge is -2.07. The van der Waals surface area contributed by atoms with Gasteiger partial charge in [-0.1, -0.05) is 23.4 Å². The number of nitrogens with zero attached hydrogens (tertiary/aromatic N) is 1. The van der Waals surface area contributed by atoms with Gasteiger partial charge in [0.1, 0.15) is 0 Å².